The Labute approximate surface area is 203 Å². The molecular weight excluding hydrogens is 450 g/mol. The lowest BCUT2D eigenvalue weighted by Crippen LogP contribution is -2.61. The molecule has 3 unspecified atom stereocenters. The lowest BCUT2D eigenvalue weighted by Gasteiger charge is -2.45. The van der Waals surface area contributed by atoms with Crippen molar-refractivity contribution in [3.63, 3.8) is 0 Å². The van der Waals surface area contributed by atoms with Crippen molar-refractivity contribution in [2.75, 3.05) is 14.2 Å². The predicted molar refractivity (Wildman–Crippen MR) is 134 cm³/mol. The van der Waals surface area contributed by atoms with Crippen LogP contribution in [0.1, 0.15) is 25.8 Å². The fraction of sp³-hybridized carbons (Fsp3) is 0.346. The SMILES string of the molecule is COc1ccc(CCC(Oc2nsc(-c3ccccc3)n2)(C(C)O)C2(C)C=CC=N2)cc1OC. The van der Waals surface area contributed by atoms with E-state index >= 15 is 0 Å². The highest BCUT2D eigenvalue weighted by Crippen LogP contribution is 2.41. The number of aliphatic hydroxyl groups is 1. The van der Waals surface area contributed by atoms with Gasteiger partial charge in [-0.05, 0) is 62.0 Å². The Kier molecular flexibility index (Phi) is 7.00. The summed E-state index contributed by atoms with van der Waals surface area (Å²) in [6.07, 6.45) is 5.79. The second-order valence-electron chi connectivity index (χ2n) is 8.39. The van der Waals surface area contributed by atoms with Crippen LogP contribution in [0.15, 0.2) is 65.7 Å². The largest absolute Gasteiger partial charge is 0.493 e. The fourth-order valence-electron chi connectivity index (χ4n) is 4.32. The van der Waals surface area contributed by atoms with Crippen LogP contribution in [0.25, 0.3) is 10.6 Å². The summed E-state index contributed by atoms with van der Waals surface area (Å²) < 4.78 is 21.8. The van der Waals surface area contributed by atoms with E-state index in [-0.39, 0.29) is 6.01 Å². The Bertz CT molecular complexity index is 1160. The second kappa shape index (κ2) is 9.95. The van der Waals surface area contributed by atoms with E-state index in [0.29, 0.717) is 24.3 Å². The molecule has 2 heterocycles. The summed E-state index contributed by atoms with van der Waals surface area (Å²) in [5.74, 6) is 1.32. The highest BCUT2D eigenvalue weighted by Gasteiger charge is 2.54. The molecule has 3 atom stereocenters. The minimum atomic E-state index is -1.10. The molecule has 0 fully saturated rings. The Morgan fingerprint density at radius 3 is 2.50 bits per heavy atom. The summed E-state index contributed by atoms with van der Waals surface area (Å²) in [5.41, 5.74) is 0.0964. The minimum Gasteiger partial charge on any atom is -0.493 e. The van der Waals surface area contributed by atoms with E-state index in [2.05, 4.69) is 14.3 Å². The van der Waals surface area contributed by atoms with Crippen LogP contribution in [-0.2, 0) is 6.42 Å². The molecule has 178 valence electrons. The predicted octanol–water partition coefficient (Wildman–Crippen LogP) is 4.75. The van der Waals surface area contributed by atoms with Crippen LogP contribution in [0.4, 0.5) is 0 Å². The van der Waals surface area contributed by atoms with Gasteiger partial charge >= 0.3 is 6.01 Å². The zero-order valence-corrected chi connectivity index (χ0v) is 20.6. The van der Waals surface area contributed by atoms with Gasteiger partial charge in [-0.3, -0.25) is 4.99 Å². The molecule has 0 radical (unpaired) electrons. The Hall–Kier alpha value is -3.23. The second-order valence-corrected chi connectivity index (χ2v) is 9.14. The van der Waals surface area contributed by atoms with Crippen molar-refractivity contribution in [3.05, 3.63) is 66.2 Å². The summed E-state index contributed by atoms with van der Waals surface area (Å²) in [6.45, 7) is 3.69. The van der Waals surface area contributed by atoms with Gasteiger partial charge in [0.05, 0.1) is 20.3 Å². The van der Waals surface area contributed by atoms with Crippen molar-refractivity contribution in [1.82, 2.24) is 9.36 Å². The molecule has 0 saturated carbocycles. The average molecular weight is 480 g/mol. The number of aliphatic hydroxyl groups excluding tert-OH is 1. The highest BCUT2D eigenvalue weighted by molar-refractivity contribution is 7.09. The number of hydrogen-bond acceptors (Lipinski definition) is 8. The molecule has 0 saturated heterocycles. The van der Waals surface area contributed by atoms with Gasteiger partial charge in [0.2, 0.25) is 0 Å². The zero-order valence-electron chi connectivity index (χ0n) is 19.8. The van der Waals surface area contributed by atoms with Crippen LogP contribution in [0, 0.1) is 0 Å². The molecule has 0 spiro atoms. The van der Waals surface area contributed by atoms with Gasteiger partial charge in [-0.15, -0.1) is 4.37 Å². The van der Waals surface area contributed by atoms with Gasteiger partial charge in [-0.1, -0.05) is 42.5 Å². The van der Waals surface area contributed by atoms with Crippen LogP contribution < -0.4 is 14.2 Å². The van der Waals surface area contributed by atoms with Gasteiger partial charge in [-0.25, -0.2) is 0 Å². The number of aryl methyl sites for hydroxylation is 1. The van der Waals surface area contributed by atoms with Crippen LogP contribution in [-0.4, -0.2) is 52.1 Å². The maximum Gasteiger partial charge on any atom is 0.329 e. The molecular formula is C26H29N3O4S. The van der Waals surface area contributed by atoms with Crippen molar-refractivity contribution in [3.8, 4) is 28.1 Å². The van der Waals surface area contributed by atoms with E-state index in [1.54, 1.807) is 27.4 Å². The molecule has 1 aliphatic rings. The van der Waals surface area contributed by atoms with Gasteiger partial charge in [0.25, 0.3) is 0 Å². The average Bonchev–Trinajstić information content (AvgIpc) is 3.51. The number of allylic oxidation sites excluding steroid dienone is 1. The first-order valence-corrected chi connectivity index (χ1v) is 11.9. The van der Waals surface area contributed by atoms with Crippen LogP contribution in [0.5, 0.6) is 17.5 Å². The summed E-state index contributed by atoms with van der Waals surface area (Å²) >= 11 is 1.27. The number of benzene rings is 2. The molecule has 0 bridgehead atoms. The lowest BCUT2D eigenvalue weighted by molar-refractivity contribution is -0.0874. The molecule has 7 nitrogen and oxygen atoms in total. The number of aliphatic imine (C=N–C) groups is 1. The normalized spacial score (nSPS) is 19.6. The first-order valence-electron chi connectivity index (χ1n) is 11.1. The number of aromatic nitrogens is 2. The third-order valence-electron chi connectivity index (χ3n) is 6.32. The summed E-state index contributed by atoms with van der Waals surface area (Å²) in [4.78, 5) is 9.29. The molecule has 1 aromatic heterocycles. The molecule has 34 heavy (non-hydrogen) atoms. The van der Waals surface area contributed by atoms with E-state index in [0.717, 1.165) is 16.1 Å². The van der Waals surface area contributed by atoms with E-state index in [1.165, 1.54) is 11.5 Å². The molecule has 0 amide bonds. The Morgan fingerprint density at radius 2 is 1.85 bits per heavy atom. The van der Waals surface area contributed by atoms with Crippen LogP contribution in [0.3, 0.4) is 0 Å². The van der Waals surface area contributed by atoms with Crippen molar-refractivity contribution in [2.45, 2.75) is 43.9 Å². The number of ether oxygens (including phenoxy) is 3. The fourth-order valence-corrected chi connectivity index (χ4v) is 4.93. The summed E-state index contributed by atoms with van der Waals surface area (Å²) in [6, 6.07) is 15.9. The van der Waals surface area contributed by atoms with Gasteiger partial charge in [-0.2, -0.15) is 4.98 Å². The van der Waals surface area contributed by atoms with Crippen molar-refractivity contribution < 1.29 is 19.3 Å². The van der Waals surface area contributed by atoms with Crippen LogP contribution >= 0.6 is 11.5 Å². The maximum atomic E-state index is 11.1. The molecule has 1 aliphatic heterocycles. The number of rotatable bonds is 10. The first kappa shape index (κ1) is 23.9. The number of nitrogens with zero attached hydrogens (tertiary/aromatic N) is 3. The minimum absolute atomic E-state index is 0.230. The Morgan fingerprint density at radius 1 is 1.09 bits per heavy atom. The third-order valence-corrected chi connectivity index (χ3v) is 7.06. The third kappa shape index (κ3) is 4.56. The molecule has 4 rings (SSSR count). The molecule has 0 aliphatic carbocycles. The van der Waals surface area contributed by atoms with E-state index in [9.17, 15) is 5.11 Å². The summed E-state index contributed by atoms with van der Waals surface area (Å²) in [7, 11) is 3.22. The summed E-state index contributed by atoms with van der Waals surface area (Å²) in [5, 5.41) is 11.9. The van der Waals surface area contributed by atoms with Gasteiger partial charge in [0.15, 0.2) is 17.1 Å². The molecule has 3 aromatic rings. The Balaban J connectivity index is 1.66. The topological polar surface area (TPSA) is 86.1 Å². The van der Waals surface area contributed by atoms with Crippen molar-refractivity contribution in [1.29, 1.82) is 0 Å². The van der Waals surface area contributed by atoms with E-state index < -0.39 is 17.2 Å². The highest BCUT2D eigenvalue weighted by atomic mass is 32.1. The maximum absolute atomic E-state index is 11.1. The standard InChI is InChI=1S/C26H29N3O4S/c1-18(30)26(25(2)14-8-16-27-25,15-13-19-11-12-21(31-3)22(17-19)32-4)33-24-28-23(34-29-24)20-9-6-5-7-10-20/h5-12,14,16-18,30H,13,15H2,1-4H3. The zero-order chi connectivity index (χ0) is 24.2. The first-order chi connectivity index (χ1) is 16.4. The molecule has 8 heteroatoms. The smallest absolute Gasteiger partial charge is 0.329 e. The van der Waals surface area contributed by atoms with Gasteiger partial charge in [0.1, 0.15) is 10.5 Å². The number of hydrogen-bond donors (Lipinski definition) is 1. The van der Waals surface area contributed by atoms with E-state index in [1.807, 2.05) is 67.6 Å². The van der Waals surface area contributed by atoms with Crippen molar-refractivity contribution >= 4 is 17.7 Å². The monoisotopic (exact) mass is 479 g/mol. The molecule has 2 aromatic carbocycles. The van der Waals surface area contributed by atoms with Crippen molar-refractivity contribution in [2.24, 2.45) is 4.99 Å². The van der Waals surface area contributed by atoms with Gasteiger partial charge in [0, 0.05) is 11.8 Å². The quantitative estimate of drug-likeness (QED) is 0.452. The lowest BCUT2D eigenvalue weighted by atomic mass is 9.74. The van der Waals surface area contributed by atoms with E-state index in [4.69, 9.17) is 14.2 Å². The van der Waals surface area contributed by atoms with Crippen LogP contribution in [0.2, 0.25) is 0 Å². The van der Waals surface area contributed by atoms with Gasteiger partial charge < -0.3 is 19.3 Å². The molecule has 1 N–H and O–H groups in total. The number of methoxy groups -OCH3 is 2.